The number of thioether (sulfide) groups is 2. The zero-order valence-electron chi connectivity index (χ0n) is 14.9. The van der Waals surface area contributed by atoms with E-state index in [1.807, 2.05) is 36.4 Å². The van der Waals surface area contributed by atoms with E-state index < -0.39 is 0 Å². The number of hydrogen-bond donors (Lipinski definition) is 2. The molecule has 0 atom stereocenters. The van der Waals surface area contributed by atoms with Crippen molar-refractivity contribution in [2.75, 3.05) is 16.8 Å². The van der Waals surface area contributed by atoms with Crippen LogP contribution in [0.4, 0.5) is 5.69 Å². The van der Waals surface area contributed by atoms with Gasteiger partial charge < -0.3 is 10.6 Å². The van der Waals surface area contributed by atoms with Crippen LogP contribution in [0.1, 0.15) is 12.8 Å². The Morgan fingerprint density at radius 1 is 1.11 bits per heavy atom. The Morgan fingerprint density at radius 2 is 1.96 bits per heavy atom. The number of hydrogen-bond acceptors (Lipinski definition) is 7. The number of thiazole rings is 1. The van der Waals surface area contributed by atoms with Crippen molar-refractivity contribution in [2.24, 2.45) is 0 Å². The van der Waals surface area contributed by atoms with Crippen LogP contribution in [0, 0.1) is 0 Å². The van der Waals surface area contributed by atoms with E-state index in [0.29, 0.717) is 17.5 Å². The normalized spacial score (nSPS) is 13.4. The van der Waals surface area contributed by atoms with E-state index in [-0.39, 0.29) is 11.8 Å². The van der Waals surface area contributed by atoms with Crippen LogP contribution in [-0.4, -0.2) is 39.3 Å². The van der Waals surface area contributed by atoms with Gasteiger partial charge in [-0.25, -0.2) is 9.97 Å². The maximum absolute atomic E-state index is 12.2. The molecule has 0 saturated heterocycles. The zero-order chi connectivity index (χ0) is 19.3. The van der Waals surface area contributed by atoms with Crippen molar-refractivity contribution >= 4 is 62.6 Å². The number of pyridine rings is 1. The number of benzene rings is 1. The molecule has 1 fully saturated rings. The maximum Gasteiger partial charge on any atom is 0.234 e. The number of rotatable bonds is 8. The van der Waals surface area contributed by atoms with Gasteiger partial charge >= 0.3 is 0 Å². The summed E-state index contributed by atoms with van der Waals surface area (Å²) in [5.74, 6) is 0.663. The molecular weight excluding hydrogens is 412 g/mol. The average Bonchev–Trinajstić information content (AvgIpc) is 3.41. The molecule has 28 heavy (non-hydrogen) atoms. The first-order valence-electron chi connectivity index (χ1n) is 8.82. The highest BCUT2D eigenvalue weighted by atomic mass is 32.2. The number of aromatic nitrogens is 2. The third-order valence-electron chi connectivity index (χ3n) is 3.91. The molecule has 0 spiro atoms. The highest BCUT2D eigenvalue weighted by Gasteiger charge is 2.23. The molecular formula is C19H18N4O2S3. The number of nitrogens with zero attached hydrogens (tertiary/aromatic N) is 2. The van der Waals surface area contributed by atoms with E-state index >= 15 is 0 Å². The molecule has 2 amide bonds. The molecule has 0 unspecified atom stereocenters. The van der Waals surface area contributed by atoms with Crippen LogP contribution in [-0.2, 0) is 9.59 Å². The number of carbonyl (C=O) groups is 2. The number of amides is 2. The third kappa shape index (κ3) is 5.46. The highest BCUT2D eigenvalue weighted by Crippen LogP contribution is 2.31. The van der Waals surface area contributed by atoms with Gasteiger partial charge in [-0.15, -0.1) is 11.3 Å². The van der Waals surface area contributed by atoms with Crippen molar-refractivity contribution in [1.82, 2.24) is 15.3 Å². The lowest BCUT2D eigenvalue weighted by Gasteiger charge is -2.04. The summed E-state index contributed by atoms with van der Waals surface area (Å²) in [4.78, 5) is 32.7. The van der Waals surface area contributed by atoms with Gasteiger partial charge in [0.25, 0.3) is 0 Å². The summed E-state index contributed by atoms with van der Waals surface area (Å²) in [6, 6.07) is 11.7. The molecule has 1 aliphatic rings. The van der Waals surface area contributed by atoms with Crippen molar-refractivity contribution in [3.63, 3.8) is 0 Å². The SMILES string of the molecule is O=C(CSc1ccccn1)Nc1ccc2nc(SCC(=O)NC3CC3)sc2c1. The van der Waals surface area contributed by atoms with Crippen LogP contribution < -0.4 is 10.6 Å². The first-order valence-corrected chi connectivity index (χ1v) is 11.6. The summed E-state index contributed by atoms with van der Waals surface area (Å²) < 4.78 is 1.84. The van der Waals surface area contributed by atoms with Crippen LogP contribution in [0.15, 0.2) is 52.0 Å². The first-order chi connectivity index (χ1) is 13.7. The topological polar surface area (TPSA) is 84.0 Å². The second-order valence-electron chi connectivity index (χ2n) is 6.30. The molecule has 1 saturated carbocycles. The number of nitrogens with one attached hydrogen (secondary N) is 2. The minimum absolute atomic E-state index is 0.0603. The van der Waals surface area contributed by atoms with Gasteiger partial charge in [-0.2, -0.15) is 0 Å². The van der Waals surface area contributed by atoms with Crippen molar-refractivity contribution in [2.45, 2.75) is 28.2 Å². The molecule has 4 rings (SSSR count). The summed E-state index contributed by atoms with van der Waals surface area (Å²) >= 11 is 4.38. The summed E-state index contributed by atoms with van der Waals surface area (Å²) in [7, 11) is 0. The summed E-state index contributed by atoms with van der Waals surface area (Å²) in [5.41, 5.74) is 1.61. The molecule has 0 bridgehead atoms. The Kier molecular flexibility index (Phi) is 6.13. The van der Waals surface area contributed by atoms with Gasteiger partial charge in [0.2, 0.25) is 11.8 Å². The lowest BCUT2D eigenvalue weighted by Crippen LogP contribution is -2.26. The Hall–Kier alpha value is -2.10. The van der Waals surface area contributed by atoms with Crippen LogP contribution in [0.3, 0.4) is 0 Å². The second-order valence-corrected chi connectivity index (χ2v) is 9.55. The lowest BCUT2D eigenvalue weighted by molar-refractivity contribution is -0.118. The fourth-order valence-electron chi connectivity index (χ4n) is 2.44. The van der Waals surface area contributed by atoms with Gasteiger partial charge in [0.05, 0.1) is 26.7 Å². The van der Waals surface area contributed by atoms with Crippen molar-refractivity contribution in [3.05, 3.63) is 42.6 Å². The Bertz CT molecular complexity index is 989. The maximum atomic E-state index is 12.2. The van der Waals surface area contributed by atoms with Crippen molar-refractivity contribution < 1.29 is 9.59 Å². The van der Waals surface area contributed by atoms with Gasteiger partial charge in [0.1, 0.15) is 0 Å². The Balaban J connectivity index is 1.32. The van der Waals surface area contributed by atoms with Gasteiger partial charge in [0.15, 0.2) is 4.34 Å². The Morgan fingerprint density at radius 3 is 2.75 bits per heavy atom. The van der Waals surface area contributed by atoms with E-state index in [2.05, 4.69) is 20.6 Å². The predicted molar refractivity (Wildman–Crippen MR) is 115 cm³/mol. The van der Waals surface area contributed by atoms with E-state index in [4.69, 9.17) is 0 Å². The highest BCUT2D eigenvalue weighted by molar-refractivity contribution is 8.01. The van der Waals surface area contributed by atoms with Crippen LogP contribution in [0.25, 0.3) is 10.2 Å². The molecule has 6 nitrogen and oxygen atoms in total. The minimum atomic E-state index is -0.0779. The van der Waals surface area contributed by atoms with E-state index in [9.17, 15) is 9.59 Å². The van der Waals surface area contributed by atoms with Gasteiger partial charge in [-0.05, 0) is 43.2 Å². The van der Waals surface area contributed by atoms with Crippen LogP contribution >= 0.6 is 34.9 Å². The largest absolute Gasteiger partial charge is 0.353 e. The van der Waals surface area contributed by atoms with Crippen LogP contribution in [0.2, 0.25) is 0 Å². The van der Waals surface area contributed by atoms with Crippen LogP contribution in [0.5, 0.6) is 0 Å². The first kappa shape index (κ1) is 19.2. The van der Waals surface area contributed by atoms with Gasteiger partial charge in [0, 0.05) is 17.9 Å². The summed E-state index contributed by atoms with van der Waals surface area (Å²) in [6.45, 7) is 0. The molecule has 1 aliphatic carbocycles. The van der Waals surface area contributed by atoms with E-state index in [0.717, 1.165) is 38.1 Å². The van der Waals surface area contributed by atoms with E-state index in [1.54, 1.807) is 6.20 Å². The molecule has 0 aliphatic heterocycles. The molecule has 2 heterocycles. The molecule has 144 valence electrons. The molecule has 1 aromatic carbocycles. The fourth-order valence-corrected chi connectivity index (χ4v) is 5.02. The predicted octanol–water partition coefficient (Wildman–Crippen LogP) is 3.79. The zero-order valence-corrected chi connectivity index (χ0v) is 17.3. The number of carbonyl (C=O) groups excluding carboxylic acids is 2. The van der Waals surface area contributed by atoms with Gasteiger partial charge in [-0.3, -0.25) is 9.59 Å². The van der Waals surface area contributed by atoms with Crippen molar-refractivity contribution in [1.29, 1.82) is 0 Å². The van der Waals surface area contributed by atoms with Gasteiger partial charge in [-0.1, -0.05) is 29.6 Å². The molecule has 2 N–H and O–H groups in total. The number of fused-ring (bicyclic) bond motifs is 1. The quantitative estimate of drug-likeness (QED) is 0.529. The molecule has 0 radical (unpaired) electrons. The molecule has 3 aromatic rings. The Labute approximate surface area is 174 Å². The standard InChI is InChI=1S/C19H18N4O2S3/c24-16(10-26-18-3-1-2-8-20-18)22-13-6-7-14-15(9-13)28-19(23-14)27-11-17(25)21-12-4-5-12/h1-3,6-9,12H,4-5,10-11H2,(H,21,25)(H,22,24). The monoisotopic (exact) mass is 430 g/mol. The smallest absolute Gasteiger partial charge is 0.234 e. The minimum Gasteiger partial charge on any atom is -0.353 e. The average molecular weight is 431 g/mol. The fraction of sp³-hybridized carbons (Fsp3) is 0.263. The molecule has 2 aromatic heterocycles. The van der Waals surface area contributed by atoms with E-state index in [1.165, 1.54) is 34.9 Å². The van der Waals surface area contributed by atoms with Crippen molar-refractivity contribution in [3.8, 4) is 0 Å². The summed E-state index contributed by atoms with van der Waals surface area (Å²) in [6.07, 6.45) is 3.89. The second kappa shape index (κ2) is 8.93. The summed E-state index contributed by atoms with van der Waals surface area (Å²) in [5, 5.41) is 6.71. The number of anilines is 1. The molecule has 9 heteroatoms. The lowest BCUT2D eigenvalue weighted by atomic mass is 10.3. The third-order valence-corrected chi connectivity index (χ3v) is 7.02.